The molecule has 0 spiro atoms. The number of aromatic nitrogens is 2. The highest BCUT2D eigenvalue weighted by Gasteiger charge is 2.29. The summed E-state index contributed by atoms with van der Waals surface area (Å²) in [4.78, 5) is 26.9. The first kappa shape index (κ1) is 19.4. The van der Waals surface area contributed by atoms with E-state index in [4.69, 9.17) is 0 Å². The lowest BCUT2D eigenvalue weighted by molar-refractivity contribution is -0.123. The van der Waals surface area contributed by atoms with Gasteiger partial charge in [0.25, 0.3) is 5.91 Å². The Labute approximate surface area is 169 Å². The molecule has 0 radical (unpaired) electrons. The van der Waals surface area contributed by atoms with Gasteiger partial charge in [0.2, 0.25) is 5.91 Å². The van der Waals surface area contributed by atoms with Crippen molar-refractivity contribution in [3.63, 3.8) is 0 Å². The minimum Gasteiger partial charge on any atom is -0.504 e. The molecule has 0 aliphatic carbocycles. The molecule has 154 valence electrons. The molecule has 3 N–H and O–H groups in total. The second-order valence-corrected chi connectivity index (χ2v) is 7.80. The van der Waals surface area contributed by atoms with Gasteiger partial charge in [-0.05, 0) is 50.3 Å². The van der Waals surface area contributed by atoms with Gasteiger partial charge in [0.05, 0.1) is 17.9 Å². The molecule has 8 nitrogen and oxygen atoms in total. The Kier molecular flexibility index (Phi) is 5.80. The van der Waals surface area contributed by atoms with Crippen molar-refractivity contribution in [2.75, 3.05) is 26.2 Å². The van der Waals surface area contributed by atoms with Crippen molar-refractivity contribution in [3.05, 3.63) is 42.2 Å². The zero-order valence-electron chi connectivity index (χ0n) is 16.4. The molecule has 8 heteroatoms. The third kappa shape index (κ3) is 4.42. The van der Waals surface area contributed by atoms with Crippen LogP contribution in [0.15, 0.2) is 36.5 Å². The van der Waals surface area contributed by atoms with Gasteiger partial charge in [-0.25, -0.2) is 4.68 Å². The quantitative estimate of drug-likeness (QED) is 0.706. The van der Waals surface area contributed by atoms with Gasteiger partial charge in [0, 0.05) is 19.6 Å². The second-order valence-electron chi connectivity index (χ2n) is 7.80. The summed E-state index contributed by atoms with van der Waals surface area (Å²) in [6.45, 7) is 2.63. The van der Waals surface area contributed by atoms with Crippen LogP contribution in [0.2, 0.25) is 0 Å². The zero-order chi connectivity index (χ0) is 20.2. The topological polar surface area (TPSA) is 99.5 Å². The maximum absolute atomic E-state index is 13.0. The van der Waals surface area contributed by atoms with Gasteiger partial charge in [0.15, 0.2) is 11.4 Å². The van der Waals surface area contributed by atoms with Crippen LogP contribution in [0.1, 0.15) is 36.2 Å². The van der Waals surface area contributed by atoms with E-state index in [1.54, 1.807) is 4.90 Å². The Morgan fingerprint density at radius 3 is 2.79 bits per heavy atom. The lowest BCUT2D eigenvalue weighted by Gasteiger charge is -2.32. The van der Waals surface area contributed by atoms with Crippen molar-refractivity contribution >= 4 is 11.8 Å². The summed E-state index contributed by atoms with van der Waals surface area (Å²) in [6, 6.07) is 9.28. The predicted octanol–water partition coefficient (Wildman–Crippen LogP) is 1.30. The van der Waals surface area contributed by atoms with Gasteiger partial charge < -0.3 is 20.6 Å². The van der Waals surface area contributed by atoms with Crippen molar-refractivity contribution < 1.29 is 14.7 Å². The molecule has 2 unspecified atom stereocenters. The Hall–Kier alpha value is -2.87. The molecule has 2 saturated heterocycles. The molecular weight excluding hydrogens is 370 g/mol. The summed E-state index contributed by atoms with van der Waals surface area (Å²) in [7, 11) is 0. The van der Waals surface area contributed by atoms with E-state index >= 15 is 0 Å². The SMILES string of the molecule is O=C(NCC1CCCN(C(=O)c2nn(-c3ccccc3)cc2O)C1)C1CCCN1. The highest BCUT2D eigenvalue weighted by Crippen LogP contribution is 2.23. The lowest BCUT2D eigenvalue weighted by Crippen LogP contribution is -2.46. The van der Waals surface area contributed by atoms with Gasteiger partial charge in [-0.15, -0.1) is 0 Å². The number of carbonyl (C=O) groups excluding carboxylic acids is 2. The van der Waals surface area contributed by atoms with E-state index in [1.807, 2.05) is 30.3 Å². The van der Waals surface area contributed by atoms with Gasteiger partial charge in [-0.1, -0.05) is 18.2 Å². The summed E-state index contributed by atoms with van der Waals surface area (Å²) in [5, 5.41) is 20.8. The fourth-order valence-electron chi connectivity index (χ4n) is 4.07. The average molecular weight is 397 g/mol. The van der Waals surface area contributed by atoms with E-state index in [1.165, 1.54) is 10.9 Å². The molecule has 0 saturated carbocycles. The Morgan fingerprint density at radius 2 is 2.03 bits per heavy atom. The van der Waals surface area contributed by atoms with Crippen molar-refractivity contribution in [1.82, 2.24) is 25.3 Å². The van der Waals surface area contributed by atoms with Gasteiger partial charge in [-0.2, -0.15) is 5.10 Å². The highest BCUT2D eigenvalue weighted by molar-refractivity contribution is 5.95. The average Bonchev–Trinajstić information content (AvgIpc) is 3.42. The minimum atomic E-state index is -0.273. The minimum absolute atomic E-state index is 0.0465. The lowest BCUT2D eigenvalue weighted by atomic mass is 9.97. The zero-order valence-corrected chi connectivity index (χ0v) is 16.4. The van der Waals surface area contributed by atoms with Gasteiger partial charge in [-0.3, -0.25) is 9.59 Å². The summed E-state index contributed by atoms with van der Waals surface area (Å²) in [5.41, 5.74) is 0.843. The first-order valence-electron chi connectivity index (χ1n) is 10.3. The molecule has 1 aromatic heterocycles. The van der Waals surface area contributed by atoms with E-state index < -0.39 is 0 Å². The third-order valence-corrected chi connectivity index (χ3v) is 5.67. The molecule has 2 aliphatic rings. The fraction of sp³-hybridized carbons (Fsp3) is 0.476. The molecule has 2 aromatic rings. The molecule has 2 atom stereocenters. The standard InChI is InChI=1S/C21H27N5O3/c27-18-14-26(16-7-2-1-3-8-16)24-19(18)21(29)25-11-5-6-15(13-25)12-23-20(28)17-9-4-10-22-17/h1-3,7-8,14-15,17,22,27H,4-6,9-13H2,(H,23,28). The number of benzene rings is 1. The normalized spacial score (nSPS) is 21.9. The number of nitrogens with zero attached hydrogens (tertiary/aromatic N) is 3. The molecule has 2 aliphatic heterocycles. The first-order chi connectivity index (χ1) is 14.1. The molecule has 1 aromatic carbocycles. The number of amides is 2. The van der Waals surface area contributed by atoms with Gasteiger partial charge >= 0.3 is 0 Å². The fourth-order valence-corrected chi connectivity index (χ4v) is 4.07. The smallest absolute Gasteiger partial charge is 0.278 e. The van der Waals surface area contributed by atoms with Crippen LogP contribution >= 0.6 is 0 Å². The summed E-state index contributed by atoms with van der Waals surface area (Å²) in [5.74, 6) is -0.145. The highest BCUT2D eigenvalue weighted by atomic mass is 16.3. The van der Waals surface area contributed by atoms with E-state index in [0.717, 1.165) is 37.9 Å². The van der Waals surface area contributed by atoms with E-state index in [0.29, 0.717) is 19.6 Å². The summed E-state index contributed by atoms with van der Waals surface area (Å²) < 4.78 is 1.51. The molecule has 3 heterocycles. The number of piperidine rings is 1. The molecule has 29 heavy (non-hydrogen) atoms. The largest absolute Gasteiger partial charge is 0.504 e. The van der Waals surface area contributed by atoms with Crippen LogP contribution in [0.3, 0.4) is 0 Å². The summed E-state index contributed by atoms with van der Waals surface area (Å²) in [6.07, 6.45) is 5.20. The Balaban J connectivity index is 1.37. The maximum atomic E-state index is 13.0. The number of carbonyl (C=O) groups is 2. The van der Waals surface area contributed by atoms with Crippen LogP contribution in [-0.4, -0.2) is 63.8 Å². The van der Waals surface area contributed by atoms with Crippen LogP contribution in [0.25, 0.3) is 5.69 Å². The number of hydrogen-bond donors (Lipinski definition) is 3. The van der Waals surface area contributed by atoms with Crippen molar-refractivity contribution in [1.29, 1.82) is 0 Å². The van der Waals surface area contributed by atoms with Crippen LogP contribution in [-0.2, 0) is 4.79 Å². The van der Waals surface area contributed by atoms with Crippen molar-refractivity contribution in [2.45, 2.75) is 31.7 Å². The van der Waals surface area contributed by atoms with Gasteiger partial charge in [0.1, 0.15) is 0 Å². The number of aromatic hydroxyl groups is 1. The van der Waals surface area contributed by atoms with Crippen LogP contribution in [0, 0.1) is 5.92 Å². The third-order valence-electron chi connectivity index (χ3n) is 5.67. The van der Waals surface area contributed by atoms with Crippen LogP contribution in [0.4, 0.5) is 0 Å². The predicted molar refractivity (Wildman–Crippen MR) is 108 cm³/mol. The molecule has 0 bridgehead atoms. The number of nitrogens with one attached hydrogen (secondary N) is 2. The van der Waals surface area contributed by atoms with E-state index in [9.17, 15) is 14.7 Å². The summed E-state index contributed by atoms with van der Waals surface area (Å²) >= 11 is 0. The number of para-hydroxylation sites is 1. The van der Waals surface area contributed by atoms with Crippen LogP contribution < -0.4 is 10.6 Å². The molecular formula is C21H27N5O3. The van der Waals surface area contributed by atoms with E-state index in [-0.39, 0.29) is 35.2 Å². The number of rotatable bonds is 5. The molecule has 2 fully saturated rings. The van der Waals surface area contributed by atoms with E-state index in [2.05, 4.69) is 15.7 Å². The molecule has 4 rings (SSSR count). The Bertz CT molecular complexity index is 860. The molecule has 2 amide bonds. The van der Waals surface area contributed by atoms with Crippen molar-refractivity contribution in [3.8, 4) is 11.4 Å². The number of hydrogen-bond acceptors (Lipinski definition) is 5. The number of likely N-dealkylation sites (tertiary alicyclic amines) is 1. The van der Waals surface area contributed by atoms with Crippen molar-refractivity contribution in [2.24, 2.45) is 5.92 Å². The second kappa shape index (κ2) is 8.65. The maximum Gasteiger partial charge on any atom is 0.278 e. The monoisotopic (exact) mass is 397 g/mol. The Morgan fingerprint density at radius 1 is 1.21 bits per heavy atom. The van der Waals surface area contributed by atoms with Crippen LogP contribution in [0.5, 0.6) is 5.75 Å². The first-order valence-corrected chi connectivity index (χ1v) is 10.3.